The fourth-order valence-corrected chi connectivity index (χ4v) is 2.16. The standard InChI is InChI=1S/C16H17BrN2O2/c1-10-7-12(8-11(2)16(10)17)21-9-15(20)19-14-6-4-3-5-13(14)18/h3-8H,9,18H2,1-2H3,(H,19,20). The molecule has 0 aliphatic rings. The van der Waals surface area contributed by atoms with Gasteiger partial charge in [0.25, 0.3) is 5.91 Å². The summed E-state index contributed by atoms with van der Waals surface area (Å²) in [5.74, 6) is 0.426. The number of rotatable bonds is 4. The molecule has 0 radical (unpaired) electrons. The van der Waals surface area contributed by atoms with Crippen LogP contribution in [0, 0.1) is 13.8 Å². The maximum atomic E-state index is 11.9. The zero-order valence-electron chi connectivity index (χ0n) is 11.9. The molecule has 0 fully saturated rings. The van der Waals surface area contributed by atoms with Crippen molar-refractivity contribution in [1.82, 2.24) is 0 Å². The van der Waals surface area contributed by atoms with E-state index < -0.39 is 0 Å². The Balaban J connectivity index is 1.97. The van der Waals surface area contributed by atoms with Gasteiger partial charge in [-0.1, -0.05) is 28.1 Å². The summed E-state index contributed by atoms with van der Waals surface area (Å²) in [6.07, 6.45) is 0. The highest BCUT2D eigenvalue weighted by molar-refractivity contribution is 9.10. The molecule has 0 atom stereocenters. The first-order chi connectivity index (χ1) is 9.97. The van der Waals surface area contributed by atoms with Gasteiger partial charge in [0.2, 0.25) is 0 Å². The van der Waals surface area contributed by atoms with E-state index in [0.717, 1.165) is 15.6 Å². The highest BCUT2D eigenvalue weighted by Crippen LogP contribution is 2.26. The van der Waals surface area contributed by atoms with Crippen LogP contribution in [0.4, 0.5) is 11.4 Å². The topological polar surface area (TPSA) is 64.3 Å². The molecule has 21 heavy (non-hydrogen) atoms. The SMILES string of the molecule is Cc1cc(OCC(=O)Nc2ccccc2N)cc(C)c1Br. The summed E-state index contributed by atoms with van der Waals surface area (Å²) in [5.41, 5.74) is 9.03. The molecule has 0 aliphatic carbocycles. The van der Waals surface area contributed by atoms with E-state index in [1.54, 1.807) is 12.1 Å². The Morgan fingerprint density at radius 1 is 1.24 bits per heavy atom. The quantitative estimate of drug-likeness (QED) is 0.828. The summed E-state index contributed by atoms with van der Waals surface area (Å²) >= 11 is 3.50. The number of nitrogens with one attached hydrogen (secondary N) is 1. The van der Waals surface area contributed by atoms with Gasteiger partial charge in [0.15, 0.2) is 6.61 Å². The van der Waals surface area contributed by atoms with Crippen LogP contribution in [-0.4, -0.2) is 12.5 Å². The summed E-state index contributed by atoms with van der Waals surface area (Å²) in [6, 6.07) is 10.9. The number of nitrogens with two attached hydrogens (primary N) is 1. The van der Waals surface area contributed by atoms with Crippen LogP contribution in [0.2, 0.25) is 0 Å². The first kappa shape index (κ1) is 15.4. The van der Waals surface area contributed by atoms with E-state index in [2.05, 4.69) is 21.2 Å². The van der Waals surface area contributed by atoms with Gasteiger partial charge >= 0.3 is 0 Å². The van der Waals surface area contributed by atoms with Gasteiger partial charge in [0.05, 0.1) is 11.4 Å². The van der Waals surface area contributed by atoms with Crippen molar-refractivity contribution in [2.75, 3.05) is 17.7 Å². The van der Waals surface area contributed by atoms with E-state index in [0.29, 0.717) is 17.1 Å². The fourth-order valence-electron chi connectivity index (χ4n) is 1.94. The Morgan fingerprint density at radius 3 is 2.48 bits per heavy atom. The number of carbonyl (C=O) groups is 1. The largest absolute Gasteiger partial charge is 0.484 e. The van der Waals surface area contributed by atoms with Crippen LogP contribution >= 0.6 is 15.9 Å². The van der Waals surface area contributed by atoms with Gasteiger partial charge in [-0.15, -0.1) is 0 Å². The van der Waals surface area contributed by atoms with E-state index in [1.807, 2.05) is 38.1 Å². The van der Waals surface area contributed by atoms with Crippen LogP contribution in [0.3, 0.4) is 0 Å². The molecule has 0 saturated heterocycles. The number of halogens is 1. The molecule has 0 saturated carbocycles. The van der Waals surface area contributed by atoms with Crippen molar-refractivity contribution in [2.24, 2.45) is 0 Å². The number of aryl methyl sites for hydroxylation is 2. The van der Waals surface area contributed by atoms with Crippen LogP contribution < -0.4 is 15.8 Å². The molecule has 0 unspecified atom stereocenters. The lowest BCUT2D eigenvalue weighted by Crippen LogP contribution is -2.20. The van der Waals surface area contributed by atoms with Crippen LogP contribution in [0.15, 0.2) is 40.9 Å². The molecule has 2 aromatic carbocycles. The third-order valence-electron chi connectivity index (χ3n) is 3.01. The van der Waals surface area contributed by atoms with Gasteiger partial charge in [0, 0.05) is 4.47 Å². The Hall–Kier alpha value is -2.01. The van der Waals surface area contributed by atoms with Gasteiger partial charge in [-0.2, -0.15) is 0 Å². The van der Waals surface area contributed by atoms with Crippen molar-refractivity contribution < 1.29 is 9.53 Å². The molecule has 4 nitrogen and oxygen atoms in total. The first-order valence-corrected chi connectivity index (χ1v) is 7.30. The molecule has 0 spiro atoms. The summed E-state index contributed by atoms with van der Waals surface area (Å²) in [4.78, 5) is 11.9. The minimum atomic E-state index is -0.244. The van der Waals surface area contributed by atoms with Crippen molar-refractivity contribution >= 4 is 33.2 Å². The van der Waals surface area contributed by atoms with Crippen molar-refractivity contribution in [1.29, 1.82) is 0 Å². The average molecular weight is 349 g/mol. The molecule has 0 aliphatic heterocycles. The fraction of sp³-hybridized carbons (Fsp3) is 0.188. The van der Waals surface area contributed by atoms with Crippen molar-refractivity contribution in [3.8, 4) is 5.75 Å². The number of hydrogen-bond donors (Lipinski definition) is 2. The number of carbonyl (C=O) groups excluding carboxylic acids is 1. The second-order valence-electron chi connectivity index (χ2n) is 4.80. The molecule has 0 bridgehead atoms. The lowest BCUT2D eigenvalue weighted by Gasteiger charge is -2.11. The van der Waals surface area contributed by atoms with Gasteiger partial charge in [-0.05, 0) is 49.2 Å². The normalized spacial score (nSPS) is 10.2. The summed E-state index contributed by atoms with van der Waals surface area (Å²) < 4.78 is 6.58. The van der Waals surface area contributed by atoms with Crippen molar-refractivity contribution in [3.63, 3.8) is 0 Å². The van der Waals surface area contributed by atoms with Gasteiger partial charge in [-0.25, -0.2) is 0 Å². The minimum absolute atomic E-state index is 0.0607. The highest BCUT2D eigenvalue weighted by Gasteiger charge is 2.07. The third kappa shape index (κ3) is 3.98. The lowest BCUT2D eigenvalue weighted by molar-refractivity contribution is -0.118. The Morgan fingerprint density at radius 2 is 1.86 bits per heavy atom. The Labute approximate surface area is 132 Å². The van der Waals surface area contributed by atoms with Gasteiger partial charge in [-0.3, -0.25) is 4.79 Å². The molecule has 0 aromatic heterocycles. The molecular weight excluding hydrogens is 332 g/mol. The van der Waals surface area contributed by atoms with Crippen LogP contribution in [0.5, 0.6) is 5.75 Å². The molecule has 2 rings (SSSR count). The molecular formula is C16H17BrN2O2. The maximum absolute atomic E-state index is 11.9. The Kier molecular flexibility index (Phi) is 4.85. The smallest absolute Gasteiger partial charge is 0.262 e. The maximum Gasteiger partial charge on any atom is 0.262 e. The van der Waals surface area contributed by atoms with Crippen LogP contribution in [0.1, 0.15) is 11.1 Å². The number of benzene rings is 2. The molecule has 3 N–H and O–H groups in total. The Bertz CT molecular complexity index is 648. The van der Waals surface area contributed by atoms with Crippen LogP contribution in [-0.2, 0) is 4.79 Å². The number of anilines is 2. The zero-order chi connectivity index (χ0) is 15.4. The molecule has 5 heteroatoms. The van der Waals surface area contributed by atoms with Crippen LogP contribution in [0.25, 0.3) is 0 Å². The number of ether oxygens (including phenoxy) is 1. The van der Waals surface area contributed by atoms with E-state index in [-0.39, 0.29) is 12.5 Å². The monoisotopic (exact) mass is 348 g/mol. The van der Waals surface area contributed by atoms with Crippen molar-refractivity contribution in [3.05, 3.63) is 52.0 Å². The molecule has 110 valence electrons. The predicted molar refractivity (Wildman–Crippen MR) is 88.6 cm³/mol. The minimum Gasteiger partial charge on any atom is -0.484 e. The third-order valence-corrected chi connectivity index (χ3v) is 4.27. The van der Waals surface area contributed by atoms with E-state index in [9.17, 15) is 4.79 Å². The van der Waals surface area contributed by atoms with E-state index >= 15 is 0 Å². The van der Waals surface area contributed by atoms with E-state index in [1.165, 1.54) is 0 Å². The molecule has 0 heterocycles. The van der Waals surface area contributed by atoms with Gasteiger partial charge in [0.1, 0.15) is 5.75 Å². The summed E-state index contributed by atoms with van der Waals surface area (Å²) in [7, 11) is 0. The summed E-state index contributed by atoms with van der Waals surface area (Å²) in [5, 5.41) is 2.72. The molecule has 2 aromatic rings. The summed E-state index contributed by atoms with van der Waals surface area (Å²) in [6.45, 7) is 3.90. The lowest BCUT2D eigenvalue weighted by atomic mass is 10.1. The van der Waals surface area contributed by atoms with Crippen molar-refractivity contribution in [2.45, 2.75) is 13.8 Å². The number of nitrogen functional groups attached to an aromatic ring is 1. The predicted octanol–water partition coefficient (Wildman–Crippen LogP) is 3.67. The second kappa shape index (κ2) is 6.63. The zero-order valence-corrected chi connectivity index (χ0v) is 13.5. The first-order valence-electron chi connectivity index (χ1n) is 6.51. The number of amides is 1. The average Bonchev–Trinajstić information content (AvgIpc) is 2.45. The number of para-hydroxylation sites is 2. The van der Waals surface area contributed by atoms with Gasteiger partial charge < -0.3 is 15.8 Å². The molecule has 1 amide bonds. The van der Waals surface area contributed by atoms with E-state index in [4.69, 9.17) is 10.5 Å². The number of hydrogen-bond acceptors (Lipinski definition) is 3. The highest BCUT2D eigenvalue weighted by atomic mass is 79.9. The second-order valence-corrected chi connectivity index (χ2v) is 5.59.